The zero-order valence-corrected chi connectivity index (χ0v) is 11.8. The molecule has 0 spiro atoms. The smallest absolute Gasteiger partial charge is 0.143 e. The van der Waals surface area contributed by atoms with E-state index in [1.165, 1.54) is 0 Å². The number of hydrogen-bond acceptors (Lipinski definition) is 2. The normalized spacial score (nSPS) is 48.6. The van der Waals surface area contributed by atoms with Crippen LogP contribution in [0.5, 0.6) is 0 Å². The van der Waals surface area contributed by atoms with Crippen LogP contribution < -0.4 is 0 Å². The van der Waals surface area contributed by atoms with Gasteiger partial charge in [-0.1, -0.05) is 12.8 Å². The molecule has 4 heteroatoms. The minimum Gasteiger partial charge on any atom is -0.299 e. The molecule has 2 nitrogen and oxygen atoms in total. The minimum atomic E-state index is -0.256. The van der Waals surface area contributed by atoms with E-state index < -0.39 is 0 Å². The molecule has 100 valence electrons. The van der Waals surface area contributed by atoms with Gasteiger partial charge in [0, 0.05) is 34.4 Å². The maximum Gasteiger partial charge on any atom is 0.143 e. The SMILES string of the molecule is O=C1C2CCCC(Cl)C2C(=O)C2C(Cl)CCCC12. The summed E-state index contributed by atoms with van der Waals surface area (Å²) in [5.41, 5.74) is 0. The number of halogens is 2. The third-order valence-corrected chi connectivity index (χ3v) is 6.00. The highest BCUT2D eigenvalue weighted by Gasteiger charge is 2.55. The van der Waals surface area contributed by atoms with Crippen LogP contribution in [0.2, 0.25) is 0 Å². The number of hydrogen-bond donors (Lipinski definition) is 0. The Morgan fingerprint density at radius 2 is 1.17 bits per heavy atom. The Hall–Kier alpha value is -0.0800. The van der Waals surface area contributed by atoms with Gasteiger partial charge in [-0.05, 0) is 25.7 Å². The van der Waals surface area contributed by atoms with Gasteiger partial charge in [-0.15, -0.1) is 23.2 Å². The second-order valence-electron chi connectivity index (χ2n) is 5.96. The second kappa shape index (κ2) is 4.79. The van der Waals surface area contributed by atoms with Gasteiger partial charge >= 0.3 is 0 Å². The average Bonchev–Trinajstić information content (AvgIpc) is 2.35. The Kier molecular flexibility index (Phi) is 3.44. The number of carbonyl (C=O) groups excluding carboxylic acids is 2. The molecule has 0 heterocycles. The summed E-state index contributed by atoms with van der Waals surface area (Å²) >= 11 is 12.6. The molecule has 3 aliphatic carbocycles. The fourth-order valence-corrected chi connectivity index (χ4v) is 5.08. The molecular weight excluding hydrogens is 271 g/mol. The molecule has 0 aromatic rings. The lowest BCUT2D eigenvalue weighted by molar-refractivity contribution is -0.150. The first-order chi connectivity index (χ1) is 8.61. The lowest BCUT2D eigenvalue weighted by Crippen LogP contribution is -2.55. The van der Waals surface area contributed by atoms with Crippen molar-refractivity contribution in [1.29, 1.82) is 0 Å². The van der Waals surface area contributed by atoms with Crippen molar-refractivity contribution in [2.75, 3.05) is 0 Å². The first-order valence-corrected chi connectivity index (χ1v) is 7.84. The number of fused-ring (bicyclic) bond motifs is 2. The molecule has 3 fully saturated rings. The molecule has 0 aromatic carbocycles. The summed E-state index contributed by atoms with van der Waals surface area (Å²) < 4.78 is 0. The number of ketones is 2. The van der Waals surface area contributed by atoms with Gasteiger partial charge < -0.3 is 0 Å². The summed E-state index contributed by atoms with van der Waals surface area (Å²) in [4.78, 5) is 25.2. The fourth-order valence-electron chi connectivity index (χ4n) is 4.18. The number of rotatable bonds is 0. The maximum atomic E-state index is 12.6. The van der Waals surface area contributed by atoms with Gasteiger partial charge in [0.05, 0.1) is 0 Å². The van der Waals surface area contributed by atoms with Crippen molar-refractivity contribution < 1.29 is 9.59 Å². The molecule has 6 atom stereocenters. The van der Waals surface area contributed by atoms with Crippen LogP contribution in [0.15, 0.2) is 0 Å². The molecule has 18 heavy (non-hydrogen) atoms. The van der Waals surface area contributed by atoms with E-state index in [0.717, 1.165) is 38.5 Å². The quantitative estimate of drug-likeness (QED) is 0.642. The van der Waals surface area contributed by atoms with Crippen LogP contribution in [0.3, 0.4) is 0 Å². The van der Waals surface area contributed by atoms with Crippen LogP contribution in [-0.4, -0.2) is 22.3 Å². The largest absolute Gasteiger partial charge is 0.299 e. The van der Waals surface area contributed by atoms with E-state index in [-0.39, 0.29) is 46.0 Å². The van der Waals surface area contributed by atoms with E-state index in [4.69, 9.17) is 23.2 Å². The summed E-state index contributed by atoms with van der Waals surface area (Å²) in [6.07, 6.45) is 5.33. The Morgan fingerprint density at radius 1 is 0.722 bits per heavy atom. The Labute approximate surface area is 117 Å². The monoisotopic (exact) mass is 288 g/mol. The van der Waals surface area contributed by atoms with Crippen LogP contribution in [0.4, 0.5) is 0 Å². The van der Waals surface area contributed by atoms with Crippen molar-refractivity contribution in [1.82, 2.24) is 0 Å². The van der Waals surface area contributed by atoms with E-state index in [9.17, 15) is 9.59 Å². The molecule has 0 amide bonds. The fraction of sp³-hybridized carbons (Fsp3) is 0.857. The van der Waals surface area contributed by atoms with Crippen molar-refractivity contribution in [3.63, 3.8) is 0 Å². The zero-order chi connectivity index (χ0) is 12.9. The van der Waals surface area contributed by atoms with Gasteiger partial charge in [0.1, 0.15) is 11.6 Å². The maximum absolute atomic E-state index is 12.6. The van der Waals surface area contributed by atoms with E-state index in [1.807, 2.05) is 0 Å². The van der Waals surface area contributed by atoms with Gasteiger partial charge in [0.15, 0.2) is 0 Å². The molecule has 3 aliphatic rings. The highest BCUT2D eigenvalue weighted by Crippen LogP contribution is 2.48. The summed E-state index contributed by atoms with van der Waals surface area (Å²) in [7, 11) is 0. The van der Waals surface area contributed by atoms with E-state index >= 15 is 0 Å². The molecule has 3 saturated carbocycles. The summed E-state index contributed by atoms with van der Waals surface area (Å²) in [5, 5.41) is -0.320. The molecule has 3 rings (SSSR count). The third-order valence-electron chi connectivity index (χ3n) is 5.02. The van der Waals surface area contributed by atoms with Crippen molar-refractivity contribution >= 4 is 34.8 Å². The first kappa shape index (κ1) is 12.9. The van der Waals surface area contributed by atoms with Gasteiger partial charge in [-0.3, -0.25) is 9.59 Å². The molecule has 0 N–H and O–H groups in total. The number of Topliss-reactive ketones (excluding diaryl/α,β-unsaturated/α-hetero) is 2. The van der Waals surface area contributed by atoms with Crippen molar-refractivity contribution in [2.24, 2.45) is 23.7 Å². The predicted octanol–water partition coefficient (Wildman–Crippen LogP) is 3.19. The van der Waals surface area contributed by atoms with Gasteiger partial charge in [0.25, 0.3) is 0 Å². The highest BCUT2D eigenvalue weighted by atomic mass is 35.5. The second-order valence-corrected chi connectivity index (χ2v) is 7.08. The molecule has 0 bridgehead atoms. The van der Waals surface area contributed by atoms with Crippen LogP contribution in [0.1, 0.15) is 38.5 Å². The van der Waals surface area contributed by atoms with Crippen LogP contribution in [0.25, 0.3) is 0 Å². The van der Waals surface area contributed by atoms with Gasteiger partial charge in [0.2, 0.25) is 0 Å². The van der Waals surface area contributed by atoms with E-state index in [2.05, 4.69) is 0 Å². The number of carbonyl (C=O) groups is 2. The summed E-state index contributed by atoms with van der Waals surface area (Å²) in [6, 6.07) is 0. The molecule has 0 saturated heterocycles. The lowest BCUT2D eigenvalue weighted by Gasteiger charge is -2.46. The number of alkyl halides is 2. The molecule has 0 aliphatic heterocycles. The summed E-state index contributed by atoms with van der Waals surface area (Å²) in [5.74, 6) is -0.278. The average molecular weight is 289 g/mol. The Morgan fingerprint density at radius 3 is 1.61 bits per heavy atom. The topological polar surface area (TPSA) is 34.1 Å². The van der Waals surface area contributed by atoms with Crippen LogP contribution in [0, 0.1) is 23.7 Å². The minimum absolute atomic E-state index is 0.114. The molecule has 0 radical (unpaired) electrons. The standard InChI is InChI=1S/C14H18Cl2O2/c15-9-5-1-3-7-11(9)14(18)12-8(13(7)17)4-2-6-10(12)16/h7-12H,1-6H2. The molecule has 6 unspecified atom stereocenters. The predicted molar refractivity (Wildman–Crippen MR) is 71.0 cm³/mol. The summed E-state index contributed by atoms with van der Waals surface area (Å²) in [6.45, 7) is 0. The Balaban J connectivity index is 1.95. The highest BCUT2D eigenvalue weighted by molar-refractivity contribution is 6.25. The van der Waals surface area contributed by atoms with Gasteiger partial charge in [-0.25, -0.2) is 0 Å². The third kappa shape index (κ3) is 1.84. The molecule has 0 aromatic heterocycles. The molecular formula is C14H18Cl2O2. The van der Waals surface area contributed by atoms with E-state index in [0.29, 0.717) is 0 Å². The van der Waals surface area contributed by atoms with E-state index in [1.54, 1.807) is 0 Å². The van der Waals surface area contributed by atoms with Crippen molar-refractivity contribution in [3.8, 4) is 0 Å². The zero-order valence-electron chi connectivity index (χ0n) is 10.3. The van der Waals surface area contributed by atoms with Crippen molar-refractivity contribution in [3.05, 3.63) is 0 Å². The van der Waals surface area contributed by atoms with Crippen LogP contribution in [-0.2, 0) is 9.59 Å². The van der Waals surface area contributed by atoms with Crippen LogP contribution >= 0.6 is 23.2 Å². The Bertz CT molecular complexity index is 350. The van der Waals surface area contributed by atoms with Gasteiger partial charge in [-0.2, -0.15) is 0 Å². The van der Waals surface area contributed by atoms with Crippen molar-refractivity contribution in [2.45, 2.75) is 49.3 Å². The lowest BCUT2D eigenvalue weighted by atomic mass is 9.58. The first-order valence-electron chi connectivity index (χ1n) is 6.97.